The van der Waals surface area contributed by atoms with Crippen LogP contribution < -0.4 is 5.32 Å². The molecular weight excluding hydrogens is 186 g/mol. The van der Waals surface area contributed by atoms with Gasteiger partial charge >= 0.3 is 0 Å². The van der Waals surface area contributed by atoms with Gasteiger partial charge in [0, 0.05) is 31.0 Å². The Hall–Kier alpha value is -1.77. The second-order valence-electron chi connectivity index (χ2n) is 3.41. The predicted octanol–water partition coefficient (Wildman–Crippen LogP) is 2.61. The van der Waals surface area contributed by atoms with Gasteiger partial charge in [-0.15, -0.1) is 0 Å². The maximum Gasteiger partial charge on any atom is 0.0568 e. The monoisotopic (exact) mass is 201 g/mol. The summed E-state index contributed by atoms with van der Waals surface area (Å²) >= 11 is 0. The van der Waals surface area contributed by atoms with E-state index in [2.05, 4.69) is 47.8 Å². The van der Waals surface area contributed by atoms with Crippen molar-refractivity contribution < 1.29 is 0 Å². The van der Waals surface area contributed by atoms with Crippen molar-refractivity contribution in [3.8, 4) is 11.1 Å². The maximum atomic E-state index is 4.25. The molecule has 3 nitrogen and oxygen atoms in total. The van der Waals surface area contributed by atoms with Gasteiger partial charge in [0.15, 0.2) is 0 Å². The van der Waals surface area contributed by atoms with Gasteiger partial charge in [0.05, 0.1) is 6.20 Å². The van der Waals surface area contributed by atoms with Gasteiger partial charge in [-0.2, -0.15) is 5.10 Å². The van der Waals surface area contributed by atoms with Crippen molar-refractivity contribution in [3.63, 3.8) is 0 Å². The smallest absolute Gasteiger partial charge is 0.0568 e. The standard InChI is InChI=1S/C12H15N3/c1-3-15-9-11(8-14-15)10-4-6-12(13-2)7-5-10/h4-9,13H,3H2,1-2H3. The quantitative estimate of drug-likeness (QED) is 0.827. The van der Waals surface area contributed by atoms with Crippen LogP contribution in [-0.4, -0.2) is 16.8 Å². The van der Waals surface area contributed by atoms with Gasteiger partial charge in [-0.25, -0.2) is 0 Å². The fourth-order valence-corrected chi connectivity index (χ4v) is 1.51. The van der Waals surface area contributed by atoms with Crippen molar-refractivity contribution in [2.75, 3.05) is 12.4 Å². The molecule has 3 heteroatoms. The summed E-state index contributed by atoms with van der Waals surface area (Å²) in [4.78, 5) is 0. The fourth-order valence-electron chi connectivity index (χ4n) is 1.51. The number of aryl methyl sites for hydroxylation is 1. The lowest BCUT2D eigenvalue weighted by Crippen LogP contribution is -1.92. The van der Waals surface area contributed by atoms with Crippen molar-refractivity contribution in [1.29, 1.82) is 0 Å². The molecule has 0 fully saturated rings. The van der Waals surface area contributed by atoms with Gasteiger partial charge in [0.2, 0.25) is 0 Å². The molecule has 2 aromatic rings. The highest BCUT2D eigenvalue weighted by Gasteiger charge is 2.00. The number of nitrogens with zero attached hydrogens (tertiary/aromatic N) is 2. The van der Waals surface area contributed by atoms with E-state index in [-0.39, 0.29) is 0 Å². The number of anilines is 1. The third-order valence-electron chi connectivity index (χ3n) is 2.46. The predicted molar refractivity (Wildman–Crippen MR) is 62.9 cm³/mol. The summed E-state index contributed by atoms with van der Waals surface area (Å²) in [6.07, 6.45) is 3.96. The highest BCUT2D eigenvalue weighted by Crippen LogP contribution is 2.20. The molecule has 0 amide bonds. The lowest BCUT2D eigenvalue weighted by Gasteiger charge is -2.01. The molecule has 78 valence electrons. The fraction of sp³-hybridized carbons (Fsp3) is 0.250. The van der Waals surface area contributed by atoms with Crippen LogP contribution in [0.5, 0.6) is 0 Å². The molecule has 0 radical (unpaired) electrons. The molecule has 1 aromatic carbocycles. The molecule has 1 N–H and O–H groups in total. The van der Waals surface area contributed by atoms with Crippen LogP contribution in [0.15, 0.2) is 36.7 Å². The maximum absolute atomic E-state index is 4.25. The Bertz CT molecular complexity index is 428. The van der Waals surface area contributed by atoms with E-state index in [1.807, 2.05) is 17.9 Å². The van der Waals surface area contributed by atoms with Gasteiger partial charge in [-0.3, -0.25) is 4.68 Å². The number of rotatable bonds is 3. The van der Waals surface area contributed by atoms with Crippen molar-refractivity contribution in [3.05, 3.63) is 36.7 Å². The summed E-state index contributed by atoms with van der Waals surface area (Å²) < 4.78 is 1.93. The molecule has 0 aliphatic carbocycles. The van der Waals surface area contributed by atoms with Crippen molar-refractivity contribution in [1.82, 2.24) is 9.78 Å². The summed E-state index contributed by atoms with van der Waals surface area (Å²) in [5.41, 5.74) is 3.50. The highest BCUT2D eigenvalue weighted by atomic mass is 15.3. The van der Waals surface area contributed by atoms with E-state index < -0.39 is 0 Å². The van der Waals surface area contributed by atoms with Crippen LogP contribution in [0.3, 0.4) is 0 Å². The molecule has 1 aromatic heterocycles. The largest absolute Gasteiger partial charge is 0.388 e. The minimum absolute atomic E-state index is 0.911. The summed E-state index contributed by atoms with van der Waals surface area (Å²) in [5.74, 6) is 0. The van der Waals surface area contributed by atoms with Gasteiger partial charge < -0.3 is 5.32 Å². The van der Waals surface area contributed by atoms with E-state index in [9.17, 15) is 0 Å². The van der Waals surface area contributed by atoms with Crippen molar-refractivity contribution >= 4 is 5.69 Å². The van der Waals surface area contributed by atoms with E-state index in [0.29, 0.717) is 0 Å². The minimum atomic E-state index is 0.911. The second-order valence-corrected chi connectivity index (χ2v) is 3.41. The molecule has 0 spiro atoms. The summed E-state index contributed by atoms with van der Waals surface area (Å²) in [6, 6.07) is 8.34. The zero-order chi connectivity index (χ0) is 10.7. The van der Waals surface area contributed by atoms with Crippen LogP contribution in [0.1, 0.15) is 6.92 Å². The Balaban J connectivity index is 2.28. The third kappa shape index (κ3) is 2.01. The number of benzene rings is 1. The molecule has 0 bridgehead atoms. The molecule has 15 heavy (non-hydrogen) atoms. The highest BCUT2D eigenvalue weighted by molar-refractivity contribution is 5.64. The first-order valence-electron chi connectivity index (χ1n) is 5.14. The molecule has 0 saturated carbocycles. The summed E-state index contributed by atoms with van der Waals surface area (Å²) in [5, 5.41) is 7.36. The number of hydrogen-bond donors (Lipinski definition) is 1. The molecule has 2 rings (SSSR count). The molecule has 0 aliphatic heterocycles. The first kappa shape index (κ1) is 9.77. The average molecular weight is 201 g/mol. The van der Waals surface area contributed by atoms with Crippen LogP contribution in [0.2, 0.25) is 0 Å². The van der Waals surface area contributed by atoms with Crippen LogP contribution in [0, 0.1) is 0 Å². The van der Waals surface area contributed by atoms with Gasteiger partial charge in [0.1, 0.15) is 0 Å². The summed E-state index contributed by atoms with van der Waals surface area (Å²) in [7, 11) is 1.92. The molecule has 0 saturated heterocycles. The molecular formula is C12H15N3. The van der Waals surface area contributed by atoms with E-state index in [0.717, 1.165) is 12.2 Å². The van der Waals surface area contributed by atoms with E-state index in [4.69, 9.17) is 0 Å². The normalized spacial score (nSPS) is 10.3. The van der Waals surface area contributed by atoms with Gasteiger partial charge in [0.25, 0.3) is 0 Å². The second kappa shape index (κ2) is 4.17. The molecule has 0 unspecified atom stereocenters. The van der Waals surface area contributed by atoms with Gasteiger partial charge in [-0.05, 0) is 24.6 Å². The first-order chi connectivity index (χ1) is 7.33. The van der Waals surface area contributed by atoms with Gasteiger partial charge in [-0.1, -0.05) is 12.1 Å². The summed E-state index contributed by atoms with van der Waals surface area (Å²) in [6.45, 7) is 3.00. The molecule has 1 heterocycles. The topological polar surface area (TPSA) is 29.9 Å². The Morgan fingerprint density at radius 3 is 2.47 bits per heavy atom. The third-order valence-corrected chi connectivity index (χ3v) is 2.46. The van der Waals surface area contributed by atoms with Crippen molar-refractivity contribution in [2.45, 2.75) is 13.5 Å². The SMILES string of the molecule is CCn1cc(-c2ccc(NC)cc2)cn1. The molecule has 0 aliphatic rings. The van der Waals surface area contributed by atoms with Crippen LogP contribution in [0.25, 0.3) is 11.1 Å². The zero-order valence-corrected chi connectivity index (χ0v) is 9.07. The molecule has 0 atom stereocenters. The Kier molecular flexibility index (Phi) is 2.72. The Labute approximate surface area is 89.7 Å². The van der Waals surface area contributed by atoms with E-state index in [1.165, 1.54) is 11.1 Å². The first-order valence-corrected chi connectivity index (χ1v) is 5.14. The number of nitrogens with one attached hydrogen (secondary N) is 1. The zero-order valence-electron chi connectivity index (χ0n) is 9.07. The Morgan fingerprint density at radius 2 is 1.93 bits per heavy atom. The lowest BCUT2D eigenvalue weighted by molar-refractivity contribution is 0.660. The van der Waals surface area contributed by atoms with Crippen molar-refractivity contribution in [2.24, 2.45) is 0 Å². The minimum Gasteiger partial charge on any atom is -0.388 e. The van der Waals surface area contributed by atoms with Crippen LogP contribution in [0.4, 0.5) is 5.69 Å². The van der Waals surface area contributed by atoms with Crippen LogP contribution >= 0.6 is 0 Å². The van der Waals surface area contributed by atoms with Crippen LogP contribution in [-0.2, 0) is 6.54 Å². The van der Waals surface area contributed by atoms with E-state index in [1.54, 1.807) is 0 Å². The Morgan fingerprint density at radius 1 is 1.20 bits per heavy atom. The number of aromatic nitrogens is 2. The number of hydrogen-bond acceptors (Lipinski definition) is 2. The van der Waals surface area contributed by atoms with E-state index >= 15 is 0 Å². The lowest BCUT2D eigenvalue weighted by atomic mass is 10.1. The average Bonchev–Trinajstić information content (AvgIpc) is 2.78.